The summed E-state index contributed by atoms with van der Waals surface area (Å²) in [5.41, 5.74) is 3.27. The van der Waals surface area contributed by atoms with E-state index < -0.39 is 30.3 Å². The van der Waals surface area contributed by atoms with Gasteiger partial charge in [-0.1, -0.05) is 12.1 Å². The average molecular weight is 470 g/mol. The van der Waals surface area contributed by atoms with Crippen LogP contribution >= 0.6 is 0 Å². The van der Waals surface area contributed by atoms with Gasteiger partial charge in [0.05, 0.1) is 32.0 Å². The van der Waals surface area contributed by atoms with Gasteiger partial charge in [-0.25, -0.2) is 0 Å². The van der Waals surface area contributed by atoms with Crippen molar-refractivity contribution in [2.45, 2.75) is 57.0 Å². The van der Waals surface area contributed by atoms with Crippen molar-refractivity contribution in [3.05, 3.63) is 70.5 Å². The first-order valence-electron chi connectivity index (χ1n) is 11.4. The summed E-state index contributed by atoms with van der Waals surface area (Å²) >= 11 is 0. The number of hydrogen-bond acceptors (Lipinski definition) is 7. The Hall–Kier alpha value is -3.20. The van der Waals surface area contributed by atoms with E-state index in [1.54, 1.807) is 18.3 Å². The quantitative estimate of drug-likeness (QED) is 0.278. The Bertz CT molecular complexity index is 1100. The molecule has 0 spiro atoms. The number of aliphatic hydroxyl groups is 2. The van der Waals surface area contributed by atoms with Crippen LogP contribution in [0.15, 0.2) is 42.7 Å². The summed E-state index contributed by atoms with van der Waals surface area (Å²) in [6.45, 7) is -0.507. The minimum absolute atomic E-state index is 0.121. The van der Waals surface area contributed by atoms with E-state index in [0.29, 0.717) is 36.8 Å². The highest BCUT2D eigenvalue weighted by atomic mass is 16.5. The van der Waals surface area contributed by atoms with Crippen molar-refractivity contribution in [1.82, 2.24) is 4.98 Å². The number of aromatic amines is 1. The van der Waals surface area contributed by atoms with Crippen LogP contribution in [0.4, 0.5) is 0 Å². The fourth-order valence-corrected chi connectivity index (χ4v) is 4.79. The van der Waals surface area contributed by atoms with Gasteiger partial charge in [0.25, 0.3) is 0 Å². The number of aromatic nitrogens is 1. The molecule has 0 bridgehead atoms. The van der Waals surface area contributed by atoms with Gasteiger partial charge in [0.15, 0.2) is 11.5 Å². The second kappa shape index (κ2) is 10.4. The van der Waals surface area contributed by atoms with Crippen LogP contribution in [-0.4, -0.2) is 49.8 Å². The molecule has 1 aliphatic heterocycles. The fraction of sp³-hybridized carbons (Fsp3) is 0.385. The minimum Gasteiger partial charge on any atom is -0.508 e. The molecule has 2 aromatic carbocycles. The van der Waals surface area contributed by atoms with Gasteiger partial charge < -0.3 is 40.0 Å². The third-order valence-electron chi connectivity index (χ3n) is 6.45. The molecule has 4 rings (SSSR count). The third kappa shape index (κ3) is 4.99. The first-order chi connectivity index (χ1) is 16.4. The molecule has 34 heavy (non-hydrogen) atoms. The number of methoxy groups -OCH3 is 1. The van der Waals surface area contributed by atoms with Gasteiger partial charge in [-0.05, 0) is 54.2 Å². The summed E-state index contributed by atoms with van der Waals surface area (Å²) in [4.78, 5) is 3.00. The van der Waals surface area contributed by atoms with Crippen LogP contribution < -0.4 is 4.74 Å². The first-order valence-corrected chi connectivity index (χ1v) is 11.4. The van der Waals surface area contributed by atoms with E-state index in [-0.39, 0.29) is 29.6 Å². The van der Waals surface area contributed by atoms with E-state index in [1.165, 1.54) is 7.11 Å². The lowest BCUT2D eigenvalue weighted by molar-refractivity contribution is -0.101. The maximum atomic E-state index is 10.7. The molecule has 1 saturated heterocycles. The number of phenols is 3. The van der Waals surface area contributed by atoms with E-state index in [9.17, 15) is 25.5 Å². The zero-order valence-corrected chi connectivity index (χ0v) is 19.1. The Morgan fingerprint density at radius 3 is 2.41 bits per heavy atom. The SMILES string of the molecule is COc1c(O)c(O)c(CO)c([C@@H]2C[C@H](O)C[C@H](CCc3ccc(O)cc3)O2)c1Cc1cc[nH]c1. The zero-order chi connectivity index (χ0) is 24.2. The molecule has 8 nitrogen and oxygen atoms in total. The van der Waals surface area contributed by atoms with Gasteiger partial charge in [-0.3, -0.25) is 0 Å². The van der Waals surface area contributed by atoms with Gasteiger partial charge in [0, 0.05) is 36.4 Å². The second-order valence-electron chi connectivity index (χ2n) is 8.73. The number of phenolic OH excluding ortho intramolecular Hbond substituents is 2. The lowest BCUT2D eigenvalue weighted by atomic mass is 9.86. The maximum absolute atomic E-state index is 10.7. The van der Waals surface area contributed by atoms with E-state index >= 15 is 0 Å². The molecule has 0 amide bonds. The van der Waals surface area contributed by atoms with Crippen LogP contribution in [0.1, 0.15) is 53.2 Å². The third-order valence-corrected chi connectivity index (χ3v) is 6.45. The first kappa shape index (κ1) is 23.9. The van der Waals surface area contributed by atoms with Crippen molar-refractivity contribution < 1.29 is 35.0 Å². The molecular weight excluding hydrogens is 438 g/mol. The molecule has 182 valence electrons. The normalized spacial score (nSPS) is 20.4. The number of aryl methyl sites for hydroxylation is 1. The van der Waals surface area contributed by atoms with Gasteiger partial charge >= 0.3 is 0 Å². The lowest BCUT2D eigenvalue weighted by Crippen LogP contribution is -2.32. The monoisotopic (exact) mass is 469 g/mol. The Kier molecular flexibility index (Phi) is 7.31. The Balaban J connectivity index is 1.67. The molecule has 0 aliphatic carbocycles. The van der Waals surface area contributed by atoms with Crippen LogP contribution in [0.25, 0.3) is 0 Å². The fourth-order valence-electron chi connectivity index (χ4n) is 4.79. The number of rotatable bonds is 8. The van der Waals surface area contributed by atoms with Gasteiger partial charge in [0.2, 0.25) is 5.75 Å². The number of ether oxygens (including phenoxy) is 2. The Morgan fingerprint density at radius 1 is 1.00 bits per heavy atom. The highest BCUT2D eigenvalue weighted by Gasteiger charge is 2.35. The summed E-state index contributed by atoms with van der Waals surface area (Å²) in [5, 5.41) is 51.5. The predicted octanol–water partition coefficient (Wildman–Crippen LogP) is 3.44. The van der Waals surface area contributed by atoms with Crippen molar-refractivity contribution in [3.63, 3.8) is 0 Å². The molecule has 6 N–H and O–H groups in total. The van der Waals surface area contributed by atoms with Crippen molar-refractivity contribution in [2.24, 2.45) is 0 Å². The highest BCUT2D eigenvalue weighted by Crippen LogP contribution is 2.49. The Morgan fingerprint density at radius 2 is 1.76 bits per heavy atom. The van der Waals surface area contributed by atoms with Crippen LogP contribution in [0.2, 0.25) is 0 Å². The number of aliphatic hydroxyl groups excluding tert-OH is 2. The van der Waals surface area contributed by atoms with E-state index in [1.807, 2.05) is 24.4 Å². The van der Waals surface area contributed by atoms with E-state index in [2.05, 4.69) is 4.98 Å². The second-order valence-corrected chi connectivity index (χ2v) is 8.73. The van der Waals surface area contributed by atoms with Crippen molar-refractivity contribution in [3.8, 4) is 23.0 Å². The predicted molar refractivity (Wildman–Crippen MR) is 125 cm³/mol. The van der Waals surface area contributed by atoms with Crippen LogP contribution in [0.5, 0.6) is 23.0 Å². The van der Waals surface area contributed by atoms with Crippen LogP contribution in [0, 0.1) is 0 Å². The van der Waals surface area contributed by atoms with E-state index in [4.69, 9.17) is 9.47 Å². The molecule has 3 aromatic rings. The molecule has 0 unspecified atom stereocenters. The number of hydrogen-bond donors (Lipinski definition) is 6. The standard InChI is InChI=1S/C26H31NO7/c1-33-26-20(10-16-8-9-27-13-16)23(21(14-28)24(31)25(26)32)22-12-18(30)11-19(34-22)7-4-15-2-5-17(29)6-3-15/h2-3,5-6,8-9,13,18-19,22,27-32H,4,7,10-12,14H2,1H3/t18-,19+,22+/m1/s1. The molecule has 1 aromatic heterocycles. The maximum Gasteiger partial charge on any atom is 0.201 e. The average Bonchev–Trinajstić information content (AvgIpc) is 3.34. The van der Waals surface area contributed by atoms with Crippen molar-refractivity contribution >= 4 is 0 Å². The molecule has 8 heteroatoms. The van der Waals surface area contributed by atoms with Gasteiger partial charge in [0.1, 0.15) is 5.75 Å². The summed E-state index contributed by atoms with van der Waals surface area (Å²) in [5.74, 6) is -0.548. The van der Waals surface area contributed by atoms with E-state index in [0.717, 1.165) is 11.1 Å². The van der Waals surface area contributed by atoms with Crippen LogP contribution in [0.3, 0.4) is 0 Å². The molecular formula is C26H31NO7. The summed E-state index contributed by atoms with van der Waals surface area (Å²) in [7, 11) is 1.41. The zero-order valence-electron chi connectivity index (χ0n) is 19.1. The minimum atomic E-state index is -0.628. The summed E-state index contributed by atoms with van der Waals surface area (Å²) in [6, 6.07) is 8.88. The van der Waals surface area contributed by atoms with Crippen molar-refractivity contribution in [2.75, 3.05) is 7.11 Å². The lowest BCUT2D eigenvalue weighted by Gasteiger charge is -2.36. The summed E-state index contributed by atoms with van der Waals surface area (Å²) in [6.07, 6.45) is 4.61. The number of H-pyrrole nitrogens is 1. The number of aromatic hydroxyl groups is 3. The summed E-state index contributed by atoms with van der Waals surface area (Å²) < 4.78 is 11.9. The topological polar surface area (TPSA) is 135 Å². The highest BCUT2D eigenvalue weighted by molar-refractivity contribution is 5.64. The smallest absolute Gasteiger partial charge is 0.201 e. The molecule has 1 aliphatic rings. The number of benzene rings is 2. The van der Waals surface area contributed by atoms with Crippen molar-refractivity contribution in [1.29, 1.82) is 0 Å². The molecule has 0 saturated carbocycles. The van der Waals surface area contributed by atoms with Gasteiger partial charge in [-0.2, -0.15) is 0 Å². The largest absolute Gasteiger partial charge is 0.508 e. The van der Waals surface area contributed by atoms with Gasteiger partial charge in [-0.15, -0.1) is 0 Å². The molecule has 3 atom stereocenters. The Labute approximate surface area is 198 Å². The van der Waals surface area contributed by atoms with Crippen LogP contribution in [-0.2, 0) is 24.2 Å². The molecule has 1 fully saturated rings. The molecule has 0 radical (unpaired) electrons. The molecule has 2 heterocycles. The number of nitrogens with one attached hydrogen (secondary N) is 1.